The van der Waals surface area contributed by atoms with Crippen molar-refractivity contribution in [2.45, 2.75) is 35.8 Å². The molecule has 0 spiro atoms. The lowest BCUT2D eigenvalue weighted by Crippen LogP contribution is -2.16. The largest absolute Gasteiger partial charge is 0.416 e. The van der Waals surface area contributed by atoms with Crippen molar-refractivity contribution in [2.24, 2.45) is 0 Å². The molecule has 0 fully saturated rings. The van der Waals surface area contributed by atoms with Crippen LogP contribution in [0.3, 0.4) is 0 Å². The maximum Gasteiger partial charge on any atom is 0.416 e. The fraction of sp³-hybridized carbons (Fsp3) is 0.368. The molecule has 2 aromatic carbocycles. The first-order chi connectivity index (χ1) is 13.5. The van der Waals surface area contributed by atoms with Gasteiger partial charge in [-0.3, -0.25) is 0 Å². The molecule has 1 aliphatic rings. The van der Waals surface area contributed by atoms with Gasteiger partial charge in [-0.25, -0.2) is 0 Å². The first kappa shape index (κ1) is 25.5. The van der Waals surface area contributed by atoms with E-state index in [1.807, 2.05) is 0 Å². The van der Waals surface area contributed by atoms with Crippen LogP contribution in [0.2, 0.25) is 10.0 Å². The Bertz CT molecular complexity index is 882. The lowest BCUT2D eigenvalue weighted by atomic mass is 10.0. The molecule has 3 rings (SSSR count). The predicted octanol–water partition coefficient (Wildman–Crippen LogP) is 7.43. The zero-order valence-corrected chi connectivity index (χ0v) is 18.3. The van der Waals surface area contributed by atoms with E-state index in [2.05, 4.69) is 5.32 Å². The van der Waals surface area contributed by atoms with E-state index in [-0.39, 0.29) is 29.8 Å². The van der Waals surface area contributed by atoms with Gasteiger partial charge in [-0.15, -0.1) is 24.2 Å². The lowest BCUT2D eigenvalue weighted by Gasteiger charge is -2.17. The van der Waals surface area contributed by atoms with Crippen molar-refractivity contribution in [2.75, 3.05) is 13.1 Å². The van der Waals surface area contributed by atoms with Crippen LogP contribution in [0.15, 0.2) is 29.2 Å². The maximum atomic E-state index is 13.1. The van der Waals surface area contributed by atoms with Crippen LogP contribution >= 0.6 is 47.4 Å². The van der Waals surface area contributed by atoms with E-state index in [0.717, 1.165) is 41.6 Å². The van der Waals surface area contributed by atoms with Crippen LogP contribution in [0.1, 0.15) is 27.8 Å². The summed E-state index contributed by atoms with van der Waals surface area (Å²) in [6.45, 7) is 1.40. The fourth-order valence-electron chi connectivity index (χ4n) is 3.19. The molecular formula is C19H16Cl3F6NS. The molecule has 0 atom stereocenters. The molecule has 1 heterocycles. The highest BCUT2D eigenvalue weighted by molar-refractivity contribution is 7.98. The van der Waals surface area contributed by atoms with Gasteiger partial charge in [-0.2, -0.15) is 26.3 Å². The smallest absolute Gasteiger partial charge is 0.316 e. The van der Waals surface area contributed by atoms with Crippen LogP contribution in [0.25, 0.3) is 0 Å². The Morgan fingerprint density at radius 1 is 0.800 bits per heavy atom. The van der Waals surface area contributed by atoms with Crippen LogP contribution in [-0.2, 0) is 30.9 Å². The normalized spacial score (nSPS) is 14.7. The Hall–Kier alpha value is -0.800. The van der Waals surface area contributed by atoms with Crippen LogP contribution in [0.5, 0.6) is 0 Å². The molecular weight excluding hydrogens is 495 g/mol. The third-order valence-corrected chi connectivity index (χ3v) is 6.51. The van der Waals surface area contributed by atoms with E-state index < -0.39 is 23.5 Å². The van der Waals surface area contributed by atoms with E-state index >= 15 is 0 Å². The Kier molecular flexibility index (Phi) is 8.30. The number of hydrogen-bond donors (Lipinski definition) is 1. The van der Waals surface area contributed by atoms with Crippen molar-refractivity contribution in [3.8, 4) is 0 Å². The highest BCUT2D eigenvalue weighted by Crippen LogP contribution is 2.41. The topological polar surface area (TPSA) is 12.0 Å². The van der Waals surface area contributed by atoms with Crippen molar-refractivity contribution in [3.05, 3.63) is 62.1 Å². The molecule has 2 aromatic rings. The molecule has 0 amide bonds. The Morgan fingerprint density at radius 3 is 1.87 bits per heavy atom. The third kappa shape index (κ3) is 5.91. The van der Waals surface area contributed by atoms with Gasteiger partial charge in [0.05, 0.1) is 16.1 Å². The van der Waals surface area contributed by atoms with Crippen LogP contribution in [0.4, 0.5) is 26.3 Å². The monoisotopic (exact) mass is 509 g/mol. The van der Waals surface area contributed by atoms with E-state index in [1.165, 1.54) is 0 Å². The number of rotatable bonds is 3. The fourth-order valence-corrected chi connectivity index (χ4v) is 5.02. The number of halogens is 9. The second-order valence-electron chi connectivity index (χ2n) is 6.58. The van der Waals surface area contributed by atoms with Crippen LogP contribution < -0.4 is 5.32 Å². The van der Waals surface area contributed by atoms with Gasteiger partial charge >= 0.3 is 12.4 Å². The summed E-state index contributed by atoms with van der Waals surface area (Å²) in [5.41, 5.74) is -0.936. The number of nitrogens with one attached hydrogen (secondary N) is 1. The number of alkyl halides is 6. The van der Waals surface area contributed by atoms with Crippen molar-refractivity contribution in [1.29, 1.82) is 0 Å². The molecule has 0 unspecified atom stereocenters. The summed E-state index contributed by atoms with van der Waals surface area (Å²) in [6, 6.07) is 3.18. The lowest BCUT2D eigenvalue weighted by molar-refractivity contribution is -0.143. The van der Waals surface area contributed by atoms with Crippen molar-refractivity contribution in [3.63, 3.8) is 0 Å². The van der Waals surface area contributed by atoms with Crippen LogP contribution in [0, 0.1) is 0 Å². The van der Waals surface area contributed by atoms with Gasteiger partial charge in [0.1, 0.15) is 0 Å². The van der Waals surface area contributed by atoms with Gasteiger partial charge in [0, 0.05) is 15.7 Å². The molecule has 0 radical (unpaired) electrons. The molecule has 11 heteroatoms. The summed E-state index contributed by atoms with van der Waals surface area (Å²) in [5.74, 6) is -0.0891. The summed E-state index contributed by atoms with van der Waals surface area (Å²) in [7, 11) is 0. The number of hydrogen-bond acceptors (Lipinski definition) is 2. The van der Waals surface area contributed by atoms with Gasteiger partial charge in [-0.05, 0) is 66.9 Å². The minimum absolute atomic E-state index is 0. The molecule has 30 heavy (non-hydrogen) atoms. The maximum absolute atomic E-state index is 13.1. The van der Waals surface area contributed by atoms with Gasteiger partial charge in [-0.1, -0.05) is 23.2 Å². The molecule has 1 aliphatic heterocycles. The third-order valence-electron chi connectivity index (χ3n) is 4.53. The zero-order valence-electron chi connectivity index (χ0n) is 15.2. The summed E-state index contributed by atoms with van der Waals surface area (Å²) >= 11 is 13.7. The summed E-state index contributed by atoms with van der Waals surface area (Å²) in [5, 5.41) is 4.08. The highest BCUT2D eigenvalue weighted by atomic mass is 35.5. The van der Waals surface area contributed by atoms with Gasteiger partial charge in [0.15, 0.2) is 0 Å². The van der Waals surface area contributed by atoms with E-state index in [1.54, 1.807) is 6.07 Å². The first-order valence-corrected chi connectivity index (χ1v) is 10.3. The molecule has 166 valence electrons. The number of thioether (sulfide) groups is 1. The Balaban J connectivity index is 0.00000320. The second-order valence-corrected chi connectivity index (χ2v) is 8.38. The van der Waals surface area contributed by atoms with E-state index in [9.17, 15) is 26.3 Å². The quantitative estimate of drug-likeness (QED) is 0.340. The minimum atomic E-state index is -4.87. The zero-order chi connectivity index (χ0) is 21.4. The van der Waals surface area contributed by atoms with E-state index in [4.69, 9.17) is 23.2 Å². The average Bonchev–Trinajstić information content (AvgIpc) is 2.86. The number of fused-ring (bicyclic) bond motifs is 1. The summed E-state index contributed by atoms with van der Waals surface area (Å²) in [4.78, 5) is 0.640. The highest BCUT2D eigenvalue weighted by Gasteiger charge is 2.36. The van der Waals surface area contributed by atoms with Crippen LogP contribution in [-0.4, -0.2) is 13.1 Å². The van der Waals surface area contributed by atoms with Gasteiger partial charge in [0.25, 0.3) is 0 Å². The predicted molar refractivity (Wildman–Crippen MR) is 110 cm³/mol. The van der Waals surface area contributed by atoms with Crippen molar-refractivity contribution in [1.82, 2.24) is 5.32 Å². The van der Waals surface area contributed by atoms with Gasteiger partial charge < -0.3 is 5.32 Å². The standard InChI is InChI=1S/C19H15Cl2F6NS.ClH/c20-15-8-16(21)17(14-2-4-28-3-1-13(14)15)29-9-10-5-11(18(22,23)24)7-12(6-10)19(25,26)27;/h5-8,28H,1-4,9H2;1H. The van der Waals surface area contributed by atoms with E-state index in [0.29, 0.717) is 34.3 Å². The minimum Gasteiger partial charge on any atom is -0.316 e. The molecule has 0 aliphatic carbocycles. The first-order valence-electron chi connectivity index (χ1n) is 8.58. The molecule has 0 aromatic heterocycles. The summed E-state index contributed by atoms with van der Waals surface area (Å²) in [6.07, 6.45) is -8.46. The second kappa shape index (κ2) is 9.77. The van der Waals surface area contributed by atoms with Crippen molar-refractivity contribution >= 4 is 47.4 Å². The van der Waals surface area contributed by atoms with Crippen molar-refractivity contribution < 1.29 is 26.3 Å². The molecule has 0 saturated carbocycles. The summed E-state index contributed by atoms with van der Waals surface area (Å²) < 4.78 is 78.4. The molecule has 1 nitrogen and oxygen atoms in total. The molecule has 0 saturated heterocycles. The average molecular weight is 511 g/mol. The van der Waals surface area contributed by atoms with Gasteiger partial charge in [0.2, 0.25) is 0 Å². The Labute approximate surface area is 189 Å². The SMILES string of the molecule is Cl.FC(F)(F)c1cc(CSc2c(Cl)cc(Cl)c3c2CCNCC3)cc(C(F)(F)F)c1. The number of benzene rings is 2. The molecule has 0 bridgehead atoms. The molecule has 1 N–H and O–H groups in total. The Morgan fingerprint density at radius 2 is 1.33 bits per heavy atom.